The average molecular weight is 200 g/mol. The standard InChI is InChI=1S/C12H24O2/c1-3-8-11(2)12(14)9-6-4-5-7-10-13/h11,13H,3-10H2,1-2H3. The van der Waals surface area contributed by atoms with Gasteiger partial charge in [0.2, 0.25) is 0 Å². The van der Waals surface area contributed by atoms with E-state index in [1.807, 2.05) is 6.92 Å². The lowest BCUT2D eigenvalue weighted by Gasteiger charge is -2.08. The zero-order chi connectivity index (χ0) is 10.8. The van der Waals surface area contributed by atoms with Crippen molar-refractivity contribution in [3.8, 4) is 0 Å². The third-order valence-corrected chi connectivity index (χ3v) is 2.60. The molecule has 0 bridgehead atoms. The van der Waals surface area contributed by atoms with Gasteiger partial charge in [-0.25, -0.2) is 0 Å². The summed E-state index contributed by atoms with van der Waals surface area (Å²) >= 11 is 0. The molecule has 84 valence electrons. The Bertz CT molecular complexity index is 143. The third-order valence-electron chi connectivity index (χ3n) is 2.60. The summed E-state index contributed by atoms with van der Waals surface area (Å²) in [6, 6.07) is 0. The number of ketones is 1. The van der Waals surface area contributed by atoms with Gasteiger partial charge in [-0.3, -0.25) is 4.79 Å². The molecule has 0 saturated carbocycles. The molecule has 0 spiro atoms. The smallest absolute Gasteiger partial charge is 0.135 e. The Balaban J connectivity index is 3.34. The van der Waals surface area contributed by atoms with E-state index in [0.717, 1.165) is 44.9 Å². The minimum atomic E-state index is 0.248. The number of unbranched alkanes of at least 4 members (excludes halogenated alkanes) is 3. The van der Waals surface area contributed by atoms with Crippen LogP contribution in [-0.2, 0) is 4.79 Å². The van der Waals surface area contributed by atoms with Gasteiger partial charge in [0.25, 0.3) is 0 Å². The highest BCUT2D eigenvalue weighted by Crippen LogP contribution is 2.12. The number of aliphatic hydroxyl groups is 1. The Kier molecular flexibility index (Phi) is 8.95. The molecule has 0 saturated heterocycles. The van der Waals surface area contributed by atoms with E-state index in [4.69, 9.17) is 5.11 Å². The van der Waals surface area contributed by atoms with E-state index in [-0.39, 0.29) is 12.5 Å². The average Bonchev–Trinajstić information content (AvgIpc) is 2.17. The van der Waals surface area contributed by atoms with Crippen LogP contribution in [0.4, 0.5) is 0 Å². The van der Waals surface area contributed by atoms with E-state index in [0.29, 0.717) is 5.78 Å². The van der Waals surface area contributed by atoms with E-state index in [1.54, 1.807) is 0 Å². The van der Waals surface area contributed by atoms with Crippen LogP contribution in [0.3, 0.4) is 0 Å². The first-order valence-corrected chi connectivity index (χ1v) is 5.86. The monoisotopic (exact) mass is 200 g/mol. The topological polar surface area (TPSA) is 37.3 Å². The molecule has 2 heteroatoms. The first-order chi connectivity index (χ1) is 6.72. The Morgan fingerprint density at radius 2 is 1.86 bits per heavy atom. The van der Waals surface area contributed by atoms with Crippen molar-refractivity contribution in [2.75, 3.05) is 6.61 Å². The summed E-state index contributed by atoms with van der Waals surface area (Å²) in [5.74, 6) is 0.661. The van der Waals surface area contributed by atoms with Gasteiger partial charge in [-0.05, 0) is 19.3 Å². The lowest BCUT2D eigenvalue weighted by molar-refractivity contribution is -0.122. The summed E-state index contributed by atoms with van der Waals surface area (Å²) in [6.07, 6.45) is 6.84. The molecule has 14 heavy (non-hydrogen) atoms. The van der Waals surface area contributed by atoms with E-state index >= 15 is 0 Å². The van der Waals surface area contributed by atoms with Crippen LogP contribution in [0.1, 0.15) is 58.8 Å². The maximum absolute atomic E-state index is 11.5. The Morgan fingerprint density at radius 3 is 2.43 bits per heavy atom. The summed E-state index contributed by atoms with van der Waals surface area (Å²) in [6.45, 7) is 4.42. The van der Waals surface area contributed by atoms with Gasteiger partial charge in [0.1, 0.15) is 5.78 Å². The van der Waals surface area contributed by atoms with Gasteiger partial charge in [0.05, 0.1) is 0 Å². The van der Waals surface area contributed by atoms with Crippen LogP contribution in [0.15, 0.2) is 0 Å². The van der Waals surface area contributed by atoms with Crippen molar-refractivity contribution in [2.24, 2.45) is 5.92 Å². The predicted octanol–water partition coefficient (Wildman–Crippen LogP) is 2.93. The van der Waals surface area contributed by atoms with Crippen molar-refractivity contribution >= 4 is 5.78 Å². The maximum atomic E-state index is 11.5. The number of hydrogen-bond acceptors (Lipinski definition) is 2. The molecule has 0 aromatic carbocycles. The van der Waals surface area contributed by atoms with Crippen molar-refractivity contribution in [3.05, 3.63) is 0 Å². The Hall–Kier alpha value is -0.370. The number of carbonyl (C=O) groups excluding carboxylic acids is 1. The maximum Gasteiger partial charge on any atom is 0.135 e. The van der Waals surface area contributed by atoms with Crippen LogP contribution < -0.4 is 0 Å². The summed E-state index contributed by atoms with van der Waals surface area (Å²) in [7, 11) is 0. The lowest BCUT2D eigenvalue weighted by atomic mass is 9.96. The molecule has 0 aromatic heterocycles. The van der Waals surface area contributed by atoms with E-state index in [2.05, 4.69) is 6.92 Å². The first-order valence-electron chi connectivity index (χ1n) is 5.86. The van der Waals surface area contributed by atoms with Crippen LogP contribution >= 0.6 is 0 Å². The lowest BCUT2D eigenvalue weighted by Crippen LogP contribution is -2.10. The largest absolute Gasteiger partial charge is 0.396 e. The number of Topliss-reactive ketones (excluding diaryl/α,β-unsaturated/α-hetero) is 1. The van der Waals surface area contributed by atoms with Gasteiger partial charge < -0.3 is 5.11 Å². The Morgan fingerprint density at radius 1 is 1.21 bits per heavy atom. The van der Waals surface area contributed by atoms with Crippen LogP contribution in [0, 0.1) is 5.92 Å². The Labute approximate surface area is 87.7 Å². The SMILES string of the molecule is CCCC(C)C(=O)CCCCCCO. The second-order valence-corrected chi connectivity index (χ2v) is 4.04. The molecule has 0 aliphatic heterocycles. The number of aliphatic hydroxyl groups excluding tert-OH is 1. The molecule has 2 nitrogen and oxygen atoms in total. The van der Waals surface area contributed by atoms with Crippen LogP contribution in [0.2, 0.25) is 0 Å². The molecule has 0 amide bonds. The van der Waals surface area contributed by atoms with Gasteiger partial charge >= 0.3 is 0 Å². The highest BCUT2D eigenvalue weighted by molar-refractivity contribution is 5.80. The van der Waals surface area contributed by atoms with Crippen molar-refractivity contribution in [3.63, 3.8) is 0 Å². The van der Waals surface area contributed by atoms with Gasteiger partial charge in [-0.2, -0.15) is 0 Å². The van der Waals surface area contributed by atoms with Gasteiger partial charge in [-0.1, -0.05) is 33.1 Å². The molecule has 0 aliphatic rings. The summed E-state index contributed by atoms with van der Waals surface area (Å²) in [5.41, 5.74) is 0. The summed E-state index contributed by atoms with van der Waals surface area (Å²) in [4.78, 5) is 11.5. The minimum absolute atomic E-state index is 0.248. The molecular weight excluding hydrogens is 176 g/mol. The molecule has 0 aromatic rings. The second-order valence-electron chi connectivity index (χ2n) is 4.04. The second kappa shape index (κ2) is 9.20. The minimum Gasteiger partial charge on any atom is -0.396 e. The molecular formula is C12H24O2. The van der Waals surface area contributed by atoms with Gasteiger partial charge in [-0.15, -0.1) is 0 Å². The van der Waals surface area contributed by atoms with Crippen LogP contribution in [-0.4, -0.2) is 17.5 Å². The fourth-order valence-electron chi connectivity index (χ4n) is 1.60. The fourth-order valence-corrected chi connectivity index (χ4v) is 1.60. The van der Waals surface area contributed by atoms with E-state index < -0.39 is 0 Å². The molecule has 1 N–H and O–H groups in total. The fraction of sp³-hybridized carbons (Fsp3) is 0.917. The van der Waals surface area contributed by atoms with Gasteiger partial charge in [0.15, 0.2) is 0 Å². The highest BCUT2D eigenvalue weighted by atomic mass is 16.2. The van der Waals surface area contributed by atoms with Crippen molar-refractivity contribution in [2.45, 2.75) is 58.8 Å². The molecule has 0 aliphatic carbocycles. The first kappa shape index (κ1) is 13.6. The number of carbonyl (C=O) groups is 1. The normalized spacial score (nSPS) is 12.8. The zero-order valence-corrected chi connectivity index (χ0v) is 9.59. The van der Waals surface area contributed by atoms with Crippen LogP contribution in [0.5, 0.6) is 0 Å². The molecule has 0 rings (SSSR count). The predicted molar refractivity (Wildman–Crippen MR) is 59.2 cm³/mol. The molecule has 0 radical (unpaired) electrons. The highest BCUT2D eigenvalue weighted by Gasteiger charge is 2.10. The van der Waals surface area contributed by atoms with Crippen molar-refractivity contribution in [1.29, 1.82) is 0 Å². The molecule has 0 fully saturated rings. The summed E-state index contributed by atoms with van der Waals surface area (Å²) in [5, 5.41) is 8.57. The van der Waals surface area contributed by atoms with E-state index in [9.17, 15) is 4.79 Å². The molecule has 1 unspecified atom stereocenters. The molecule has 0 heterocycles. The third kappa shape index (κ3) is 7.07. The van der Waals surface area contributed by atoms with Crippen molar-refractivity contribution < 1.29 is 9.90 Å². The quantitative estimate of drug-likeness (QED) is 0.581. The van der Waals surface area contributed by atoms with Crippen LogP contribution in [0.25, 0.3) is 0 Å². The number of hydrogen-bond donors (Lipinski definition) is 1. The van der Waals surface area contributed by atoms with Crippen molar-refractivity contribution in [1.82, 2.24) is 0 Å². The zero-order valence-electron chi connectivity index (χ0n) is 9.59. The molecule has 1 atom stereocenters. The van der Waals surface area contributed by atoms with Gasteiger partial charge in [0, 0.05) is 18.9 Å². The number of rotatable bonds is 9. The van der Waals surface area contributed by atoms with E-state index in [1.165, 1.54) is 0 Å². The summed E-state index contributed by atoms with van der Waals surface area (Å²) < 4.78 is 0.